The van der Waals surface area contributed by atoms with Crippen molar-refractivity contribution in [2.45, 2.75) is 83.4 Å². The summed E-state index contributed by atoms with van der Waals surface area (Å²) >= 11 is 0. The van der Waals surface area contributed by atoms with Crippen molar-refractivity contribution in [2.24, 2.45) is 5.92 Å². The van der Waals surface area contributed by atoms with Crippen molar-refractivity contribution < 1.29 is 14.4 Å². The number of nitrogens with zero attached hydrogens (tertiary/aromatic N) is 1. The number of esters is 1. The van der Waals surface area contributed by atoms with E-state index in [1.807, 2.05) is 5.06 Å². The number of carbonyl (C=O) groups is 1. The van der Waals surface area contributed by atoms with Gasteiger partial charge in [-0.1, -0.05) is 56.4 Å². The van der Waals surface area contributed by atoms with Crippen LogP contribution in [0.15, 0.2) is 24.3 Å². The number of fused-ring (bicyclic) bond motifs is 1. The third-order valence-corrected chi connectivity index (χ3v) is 6.23. The Kier molecular flexibility index (Phi) is 5.45. The summed E-state index contributed by atoms with van der Waals surface area (Å²) in [7, 11) is 1.45. The highest BCUT2D eigenvalue weighted by Crippen LogP contribution is 2.50. The highest BCUT2D eigenvalue weighted by atomic mass is 16.7. The van der Waals surface area contributed by atoms with Crippen LogP contribution in [0.3, 0.4) is 0 Å². The smallest absolute Gasteiger partial charge is 0.337 e. The summed E-state index contributed by atoms with van der Waals surface area (Å²) in [5.41, 5.74) is 1.90. The molecular formula is C22H33NO3. The maximum absolute atomic E-state index is 12.5. The molecule has 144 valence electrons. The maximum atomic E-state index is 12.5. The van der Waals surface area contributed by atoms with Gasteiger partial charge >= 0.3 is 5.97 Å². The molecule has 1 aromatic rings. The molecule has 4 nitrogen and oxygen atoms in total. The second kappa shape index (κ2) is 7.32. The fraction of sp³-hybridized carbons (Fsp3) is 0.682. The van der Waals surface area contributed by atoms with Gasteiger partial charge in [-0.05, 0) is 51.2 Å². The Balaban J connectivity index is 1.85. The van der Waals surface area contributed by atoms with E-state index < -0.39 is 6.10 Å². The van der Waals surface area contributed by atoms with Gasteiger partial charge in [0.1, 0.15) is 0 Å². The zero-order chi connectivity index (χ0) is 18.9. The summed E-state index contributed by atoms with van der Waals surface area (Å²) in [6, 6.07) is 8.46. The van der Waals surface area contributed by atoms with Crippen LogP contribution in [0, 0.1) is 5.92 Å². The number of methoxy groups -OCH3 is 1. The van der Waals surface area contributed by atoms with Crippen LogP contribution in [0.25, 0.3) is 0 Å². The molecule has 0 aromatic heterocycles. The van der Waals surface area contributed by atoms with Gasteiger partial charge in [-0.2, -0.15) is 5.06 Å². The van der Waals surface area contributed by atoms with E-state index in [-0.39, 0.29) is 17.0 Å². The Labute approximate surface area is 157 Å². The van der Waals surface area contributed by atoms with Crippen molar-refractivity contribution in [1.82, 2.24) is 5.06 Å². The molecule has 1 aliphatic heterocycles. The zero-order valence-corrected chi connectivity index (χ0v) is 16.9. The quantitative estimate of drug-likeness (QED) is 0.700. The molecule has 0 amide bonds. The van der Waals surface area contributed by atoms with Gasteiger partial charge in [0.25, 0.3) is 0 Å². The van der Waals surface area contributed by atoms with Crippen molar-refractivity contribution in [1.29, 1.82) is 0 Å². The SMILES string of the molecule is COC(=O)C(CC1CCCCC1)ON1C(C)(C)c2ccccc2C1(C)C. The topological polar surface area (TPSA) is 38.8 Å². The van der Waals surface area contributed by atoms with E-state index in [0.29, 0.717) is 5.92 Å². The first-order valence-corrected chi connectivity index (χ1v) is 9.93. The average Bonchev–Trinajstić information content (AvgIpc) is 2.79. The highest BCUT2D eigenvalue weighted by molar-refractivity contribution is 5.74. The number of hydrogen-bond donors (Lipinski definition) is 0. The maximum Gasteiger partial charge on any atom is 0.337 e. The predicted octanol–water partition coefficient (Wildman–Crippen LogP) is 4.92. The van der Waals surface area contributed by atoms with Gasteiger partial charge in [0.15, 0.2) is 6.10 Å². The Morgan fingerprint density at radius 2 is 1.62 bits per heavy atom. The summed E-state index contributed by atoms with van der Waals surface area (Å²) in [4.78, 5) is 18.9. The lowest BCUT2D eigenvalue weighted by Gasteiger charge is -2.41. The van der Waals surface area contributed by atoms with E-state index in [4.69, 9.17) is 9.57 Å². The van der Waals surface area contributed by atoms with E-state index in [9.17, 15) is 4.79 Å². The van der Waals surface area contributed by atoms with Gasteiger partial charge in [-0.15, -0.1) is 0 Å². The summed E-state index contributed by atoms with van der Waals surface area (Å²) in [6.07, 6.45) is 6.38. The zero-order valence-electron chi connectivity index (χ0n) is 16.9. The largest absolute Gasteiger partial charge is 0.467 e. The number of hydroxylamine groups is 2. The minimum absolute atomic E-state index is 0.266. The third-order valence-electron chi connectivity index (χ3n) is 6.23. The Morgan fingerprint density at radius 1 is 1.08 bits per heavy atom. The van der Waals surface area contributed by atoms with E-state index in [1.54, 1.807) is 0 Å². The fourth-order valence-corrected chi connectivity index (χ4v) is 4.90. The number of ether oxygens (including phenoxy) is 1. The van der Waals surface area contributed by atoms with Crippen molar-refractivity contribution in [2.75, 3.05) is 7.11 Å². The van der Waals surface area contributed by atoms with Crippen LogP contribution in [0.5, 0.6) is 0 Å². The second-order valence-corrected chi connectivity index (χ2v) is 8.81. The summed E-state index contributed by atoms with van der Waals surface area (Å²) < 4.78 is 5.09. The van der Waals surface area contributed by atoms with Crippen LogP contribution >= 0.6 is 0 Å². The van der Waals surface area contributed by atoms with Gasteiger partial charge in [0.2, 0.25) is 0 Å². The first-order valence-electron chi connectivity index (χ1n) is 9.93. The van der Waals surface area contributed by atoms with Crippen LogP contribution in [-0.2, 0) is 25.4 Å². The molecule has 0 N–H and O–H groups in total. The van der Waals surface area contributed by atoms with Crippen molar-refractivity contribution in [3.8, 4) is 0 Å². The Bertz CT molecular complexity index is 612. The summed E-state index contributed by atoms with van der Waals surface area (Å²) in [5.74, 6) is 0.280. The molecule has 0 saturated heterocycles. The number of hydrogen-bond acceptors (Lipinski definition) is 4. The van der Waals surface area contributed by atoms with Gasteiger partial charge < -0.3 is 4.74 Å². The lowest BCUT2D eigenvalue weighted by molar-refractivity contribution is -0.288. The summed E-state index contributed by atoms with van der Waals surface area (Å²) in [5, 5.41) is 2.02. The highest BCUT2D eigenvalue weighted by Gasteiger charge is 2.51. The monoisotopic (exact) mass is 359 g/mol. The van der Waals surface area contributed by atoms with Gasteiger partial charge in [-0.25, -0.2) is 4.79 Å². The van der Waals surface area contributed by atoms with Crippen LogP contribution < -0.4 is 0 Å². The van der Waals surface area contributed by atoms with Crippen molar-refractivity contribution in [3.05, 3.63) is 35.4 Å². The fourth-order valence-electron chi connectivity index (χ4n) is 4.90. The lowest BCUT2D eigenvalue weighted by Crippen LogP contribution is -2.49. The van der Waals surface area contributed by atoms with Crippen molar-refractivity contribution >= 4 is 5.97 Å². The van der Waals surface area contributed by atoms with Crippen LogP contribution in [0.2, 0.25) is 0 Å². The molecule has 4 heteroatoms. The van der Waals surface area contributed by atoms with E-state index in [0.717, 1.165) is 6.42 Å². The third kappa shape index (κ3) is 3.41. The molecule has 1 heterocycles. The Hall–Kier alpha value is -1.39. The number of benzene rings is 1. The molecular weight excluding hydrogens is 326 g/mol. The first-order chi connectivity index (χ1) is 12.3. The Morgan fingerprint density at radius 3 is 2.12 bits per heavy atom. The van der Waals surface area contributed by atoms with Gasteiger partial charge in [-0.3, -0.25) is 4.84 Å². The molecule has 1 aromatic carbocycles. The molecule has 0 bridgehead atoms. The summed E-state index contributed by atoms with van der Waals surface area (Å²) in [6.45, 7) is 8.65. The normalized spacial score (nSPS) is 23.4. The van der Waals surface area contributed by atoms with Gasteiger partial charge in [0.05, 0.1) is 18.2 Å². The molecule has 2 aliphatic rings. The van der Waals surface area contributed by atoms with Gasteiger partial charge in [0, 0.05) is 0 Å². The van der Waals surface area contributed by atoms with Crippen LogP contribution in [0.4, 0.5) is 0 Å². The van der Waals surface area contributed by atoms with Crippen LogP contribution in [0.1, 0.15) is 77.3 Å². The van der Waals surface area contributed by atoms with E-state index >= 15 is 0 Å². The average molecular weight is 360 g/mol. The number of rotatable bonds is 5. The second-order valence-electron chi connectivity index (χ2n) is 8.81. The lowest BCUT2D eigenvalue weighted by atomic mass is 9.85. The molecule has 3 rings (SSSR count). The van der Waals surface area contributed by atoms with Crippen LogP contribution in [-0.4, -0.2) is 24.2 Å². The standard InChI is InChI=1S/C22H33NO3/c1-21(2)17-13-9-10-14-18(17)22(3,4)23(21)26-19(20(24)25-5)15-16-11-7-6-8-12-16/h9-10,13-14,16,19H,6-8,11-12,15H2,1-5H3. The molecule has 1 unspecified atom stereocenters. The minimum atomic E-state index is -0.545. The first kappa shape index (κ1) is 19.4. The van der Waals surface area contributed by atoms with Crippen molar-refractivity contribution in [3.63, 3.8) is 0 Å². The van der Waals surface area contributed by atoms with E-state index in [2.05, 4.69) is 52.0 Å². The molecule has 1 fully saturated rings. The molecule has 1 saturated carbocycles. The van der Waals surface area contributed by atoms with E-state index in [1.165, 1.54) is 50.3 Å². The molecule has 0 spiro atoms. The molecule has 26 heavy (non-hydrogen) atoms. The molecule has 1 atom stereocenters. The predicted molar refractivity (Wildman–Crippen MR) is 102 cm³/mol. The molecule has 1 aliphatic carbocycles. The minimum Gasteiger partial charge on any atom is -0.467 e. The number of carbonyl (C=O) groups excluding carboxylic acids is 1. The molecule has 0 radical (unpaired) electrons.